The van der Waals surface area contributed by atoms with Crippen LogP contribution >= 0.6 is 0 Å². The SMILES string of the molecule is CCC(=O)NCCC1CNCCS1(=O)=O. The van der Waals surface area contributed by atoms with Gasteiger partial charge in [-0.05, 0) is 6.42 Å². The van der Waals surface area contributed by atoms with E-state index in [4.69, 9.17) is 0 Å². The number of amides is 1. The second-order valence-electron chi connectivity index (χ2n) is 3.69. The molecule has 1 rings (SSSR count). The first-order chi connectivity index (χ1) is 7.06. The number of rotatable bonds is 4. The molecule has 1 saturated heterocycles. The van der Waals surface area contributed by atoms with Crippen molar-refractivity contribution in [3.63, 3.8) is 0 Å². The molecular formula is C9H18N2O3S. The van der Waals surface area contributed by atoms with Gasteiger partial charge < -0.3 is 10.6 Å². The fourth-order valence-corrected chi connectivity index (χ4v) is 3.16. The van der Waals surface area contributed by atoms with E-state index in [0.717, 1.165) is 0 Å². The van der Waals surface area contributed by atoms with E-state index in [9.17, 15) is 13.2 Å². The van der Waals surface area contributed by atoms with Crippen molar-refractivity contribution in [2.45, 2.75) is 25.0 Å². The lowest BCUT2D eigenvalue weighted by molar-refractivity contribution is -0.120. The van der Waals surface area contributed by atoms with Crippen LogP contribution < -0.4 is 10.6 Å². The van der Waals surface area contributed by atoms with Gasteiger partial charge in [-0.2, -0.15) is 0 Å². The third kappa shape index (κ3) is 3.79. The number of hydrogen-bond acceptors (Lipinski definition) is 4. The molecule has 0 aromatic heterocycles. The maximum absolute atomic E-state index is 11.6. The molecule has 1 unspecified atom stereocenters. The van der Waals surface area contributed by atoms with Crippen molar-refractivity contribution in [1.29, 1.82) is 0 Å². The van der Waals surface area contributed by atoms with Crippen LogP contribution in [0.1, 0.15) is 19.8 Å². The maximum Gasteiger partial charge on any atom is 0.219 e. The van der Waals surface area contributed by atoms with Crippen LogP contribution in [-0.2, 0) is 14.6 Å². The summed E-state index contributed by atoms with van der Waals surface area (Å²) in [6.45, 7) is 3.26. The van der Waals surface area contributed by atoms with Gasteiger partial charge in [0.25, 0.3) is 0 Å². The normalized spacial score (nSPS) is 24.7. The van der Waals surface area contributed by atoms with Gasteiger partial charge in [0.2, 0.25) is 5.91 Å². The molecule has 0 spiro atoms. The summed E-state index contributed by atoms with van der Waals surface area (Å²) in [4.78, 5) is 10.9. The Hall–Kier alpha value is -0.620. The predicted octanol–water partition coefficient (Wildman–Crippen LogP) is -0.711. The standard InChI is InChI=1S/C9H18N2O3S/c1-2-9(12)11-4-3-8-7-10-5-6-15(8,13)14/h8,10H,2-7H2,1H3,(H,11,12). The lowest BCUT2D eigenvalue weighted by Crippen LogP contribution is -2.45. The highest BCUT2D eigenvalue weighted by molar-refractivity contribution is 7.92. The van der Waals surface area contributed by atoms with Crippen molar-refractivity contribution in [2.75, 3.05) is 25.4 Å². The van der Waals surface area contributed by atoms with E-state index in [1.54, 1.807) is 6.92 Å². The van der Waals surface area contributed by atoms with Crippen LogP contribution in [0.3, 0.4) is 0 Å². The van der Waals surface area contributed by atoms with Crippen LogP contribution in [0.25, 0.3) is 0 Å². The average molecular weight is 234 g/mol. The fraction of sp³-hybridized carbons (Fsp3) is 0.889. The molecule has 0 saturated carbocycles. The van der Waals surface area contributed by atoms with Gasteiger partial charge in [0.05, 0.1) is 11.0 Å². The van der Waals surface area contributed by atoms with Gasteiger partial charge in [-0.25, -0.2) is 8.42 Å². The summed E-state index contributed by atoms with van der Waals surface area (Å²) in [5.74, 6) is 0.176. The average Bonchev–Trinajstić information content (AvgIpc) is 2.20. The second-order valence-corrected chi connectivity index (χ2v) is 6.09. The van der Waals surface area contributed by atoms with Crippen molar-refractivity contribution in [3.8, 4) is 0 Å². The Morgan fingerprint density at radius 2 is 2.27 bits per heavy atom. The maximum atomic E-state index is 11.6. The monoisotopic (exact) mass is 234 g/mol. The van der Waals surface area contributed by atoms with Crippen LogP contribution in [0.2, 0.25) is 0 Å². The van der Waals surface area contributed by atoms with Gasteiger partial charge in [0.15, 0.2) is 9.84 Å². The second kappa shape index (κ2) is 5.46. The van der Waals surface area contributed by atoms with Gasteiger partial charge in [-0.3, -0.25) is 4.79 Å². The summed E-state index contributed by atoms with van der Waals surface area (Å²) in [6.07, 6.45) is 0.941. The molecule has 1 aliphatic heterocycles. The minimum absolute atomic E-state index is 0.0313. The Balaban J connectivity index is 2.34. The molecule has 0 bridgehead atoms. The fourth-order valence-electron chi connectivity index (χ4n) is 1.55. The molecule has 5 nitrogen and oxygen atoms in total. The van der Waals surface area contributed by atoms with E-state index >= 15 is 0 Å². The molecule has 88 valence electrons. The Bertz CT molecular complexity index is 313. The molecule has 2 N–H and O–H groups in total. The van der Waals surface area contributed by atoms with E-state index < -0.39 is 9.84 Å². The Morgan fingerprint density at radius 1 is 1.53 bits per heavy atom. The number of hydrogen-bond donors (Lipinski definition) is 2. The van der Waals surface area contributed by atoms with Crippen LogP contribution in [-0.4, -0.2) is 45.0 Å². The summed E-state index contributed by atoms with van der Waals surface area (Å²) in [6, 6.07) is 0. The zero-order chi connectivity index (χ0) is 11.3. The van der Waals surface area contributed by atoms with E-state index in [0.29, 0.717) is 32.5 Å². The van der Waals surface area contributed by atoms with Crippen molar-refractivity contribution in [1.82, 2.24) is 10.6 Å². The zero-order valence-corrected chi connectivity index (χ0v) is 9.77. The van der Waals surface area contributed by atoms with Gasteiger partial charge in [0, 0.05) is 26.1 Å². The molecule has 1 heterocycles. The quantitative estimate of drug-likeness (QED) is 0.674. The minimum Gasteiger partial charge on any atom is -0.356 e. The molecule has 6 heteroatoms. The van der Waals surface area contributed by atoms with Crippen molar-refractivity contribution in [2.24, 2.45) is 0 Å². The van der Waals surface area contributed by atoms with Crippen LogP contribution in [0.5, 0.6) is 0 Å². The zero-order valence-electron chi connectivity index (χ0n) is 8.95. The Kier molecular flexibility index (Phi) is 4.53. The van der Waals surface area contributed by atoms with Crippen LogP contribution in [0.15, 0.2) is 0 Å². The summed E-state index contributed by atoms with van der Waals surface area (Å²) < 4.78 is 23.1. The Labute approximate surface area is 90.5 Å². The van der Waals surface area contributed by atoms with Gasteiger partial charge in [-0.15, -0.1) is 0 Å². The van der Waals surface area contributed by atoms with Crippen molar-refractivity contribution < 1.29 is 13.2 Å². The minimum atomic E-state index is -2.94. The summed E-state index contributed by atoms with van der Waals surface area (Å²) >= 11 is 0. The summed E-state index contributed by atoms with van der Waals surface area (Å²) in [5, 5.41) is 5.39. The molecule has 1 atom stereocenters. The van der Waals surface area contributed by atoms with Gasteiger partial charge >= 0.3 is 0 Å². The summed E-state index contributed by atoms with van der Waals surface area (Å²) in [7, 11) is -2.94. The molecule has 15 heavy (non-hydrogen) atoms. The van der Waals surface area contributed by atoms with E-state index in [1.165, 1.54) is 0 Å². The topological polar surface area (TPSA) is 75.3 Å². The highest BCUT2D eigenvalue weighted by Crippen LogP contribution is 2.09. The molecule has 0 radical (unpaired) electrons. The van der Waals surface area contributed by atoms with Crippen molar-refractivity contribution >= 4 is 15.7 Å². The van der Waals surface area contributed by atoms with Crippen LogP contribution in [0.4, 0.5) is 0 Å². The van der Waals surface area contributed by atoms with Crippen molar-refractivity contribution in [3.05, 3.63) is 0 Å². The molecule has 0 aliphatic carbocycles. The highest BCUT2D eigenvalue weighted by atomic mass is 32.2. The molecular weight excluding hydrogens is 216 g/mol. The number of nitrogens with one attached hydrogen (secondary N) is 2. The Morgan fingerprint density at radius 3 is 2.87 bits per heavy atom. The lowest BCUT2D eigenvalue weighted by atomic mass is 10.3. The van der Waals surface area contributed by atoms with Gasteiger partial charge in [0.1, 0.15) is 0 Å². The first-order valence-electron chi connectivity index (χ1n) is 5.25. The first kappa shape index (κ1) is 12.4. The molecule has 1 fully saturated rings. The van der Waals surface area contributed by atoms with Gasteiger partial charge in [-0.1, -0.05) is 6.92 Å². The molecule has 0 aromatic carbocycles. The number of sulfone groups is 1. The van der Waals surface area contributed by atoms with E-state index in [2.05, 4.69) is 10.6 Å². The van der Waals surface area contributed by atoms with Crippen LogP contribution in [0, 0.1) is 0 Å². The first-order valence-corrected chi connectivity index (χ1v) is 6.97. The smallest absolute Gasteiger partial charge is 0.219 e. The molecule has 1 amide bonds. The predicted molar refractivity (Wildman–Crippen MR) is 58.4 cm³/mol. The third-order valence-corrected chi connectivity index (χ3v) is 4.74. The van der Waals surface area contributed by atoms with E-state index in [1.807, 2.05) is 0 Å². The molecule has 1 aliphatic rings. The highest BCUT2D eigenvalue weighted by Gasteiger charge is 2.27. The summed E-state index contributed by atoms with van der Waals surface area (Å²) in [5.41, 5.74) is 0. The number of carbonyl (C=O) groups excluding carboxylic acids is 1. The molecule has 0 aromatic rings. The lowest BCUT2D eigenvalue weighted by Gasteiger charge is -2.23. The third-order valence-electron chi connectivity index (χ3n) is 2.55. The number of carbonyl (C=O) groups is 1. The van der Waals surface area contributed by atoms with E-state index in [-0.39, 0.29) is 16.9 Å². The largest absolute Gasteiger partial charge is 0.356 e.